The highest BCUT2D eigenvalue weighted by molar-refractivity contribution is 8.00. The zero-order valence-electron chi connectivity index (χ0n) is 17.9. The van der Waals surface area contributed by atoms with Crippen molar-refractivity contribution in [2.24, 2.45) is 0 Å². The molecule has 0 spiro atoms. The van der Waals surface area contributed by atoms with E-state index in [2.05, 4.69) is 28.9 Å². The van der Waals surface area contributed by atoms with Crippen LogP contribution in [0.3, 0.4) is 0 Å². The number of thioether (sulfide) groups is 1. The number of carbonyl (C=O) groups excluding carboxylic acids is 1. The monoisotopic (exact) mass is 449 g/mol. The zero-order chi connectivity index (χ0) is 22.2. The summed E-state index contributed by atoms with van der Waals surface area (Å²) in [5.74, 6) is 0.00411. The third-order valence-corrected chi connectivity index (χ3v) is 6.13. The number of carbonyl (C=O) groups is 1. The number of thiocarbonyl (C=S) groups is 1. The fraction of sp³-hybridized carbons (Fsp3) is 0.200. The first-order chi connectivity index (χ1) is 15.0. The van der Waals surface area contributed by atoms with Gasteiger partial charge in [-0.2, -0.15) is 0 Å². The number of anilines is 3. The maximum atomic E-state index is 12.8. The minimum atomic E-state index is -0.219. The van der Waals surface area contributed by atoms with Crippen molar-refractivity contribution >= 4 is 52.1 Å². The van der Waals surface area contributed by atoms with E-state index >= 15 is 0 Å². The molecule has 0 aliphatic carbocycles. The number of amides is 1. The van der Waals surface area contributed by atoms with E-state index in [9.17, 15) is 4.79 Å². The fourth-order valence-electron chi connectivity index (χ4n) is 3.12. The molecule has 0 aliphatic rings. The van der Waals surface area contributed by atoms with Gasteiger partial charge in [-0.1, -0.05) is 43.3 Å². The zero-order valence-corrected chi connectivity index (χ0v) is 19.6. The first kappa shape index (κ1) is 22.8. The Labute approximate surface area is 193 Å². The van der Waals surface area contributed by atoms with Crippen LogP contribution in [0.15, 0.2) is 77.7 Å². The minimum Gasteiger partial charge on any atom is -0.332 e. The molecule has 160 valence electrons. The second-order valence-electron chi connectivity index (χ2n) is 7.18. The van der Waals surface area contributed by atoms with E-state index in [1.54, 1.807) is 0 Å². The molecule has 0 heterocycles. The summed E-state index contributed by atoms with van der Waals surface area (Å²) >= 11 is 6.90. The lowest BCUT2D eigenvalue weighted by atomic mass is 10.1. The third-order valence-electron chi connectivity index (χ3n) is 4.81. The van der Waals surface area contributed by atoms with Gasteiger partial charge in [-0.25, -0.2) is 0 Å². The number of para-hydroxylation sites is 2. The van der Waals surface area contributed by atoms with Crippen LogP contribution in [-0.2, 0) is 11.2 Å². The van der Waals surface area contributed by atoms with Crippen molar-refractivity contribution in [2.45, 2.75) is 37.3 Å². The normalized spacial score (nSPS) is 11.5. The van der Waals surface area contributed by atoms with Crippen molar-refractivity contribution in [3.05, 3.63) is 83.9 Å². The van der Waals surface area contributed by atoms with Crippen LogP contribution in [0, 0.1) is 6.92 Å². The topological polar surface area (TPSA) is 53.2 Å². The maximum absolute atomic E-state index is 12.8. The molecule has 4 nitrogen and oxygen atoms in total. The highest BCUT2D eigenvalue weighted by Gasteiger charge is 2.17. The van der Waals surface area contributed by atoms with Crippen LogP contribution in [0.2, 0.25) is 0 Å². The number of nitrogens with one attached hydrogen (secondary N) is 3. The molecule has 1 amide bonds. The van der Waals surface area contributed by atoms with E-state index in [1.807, 2.05) is 80.6 Å². The number of aryl methyl sites for hydroxylation is 2. The number of rotatable bonds is 7. The molecule has 0 aliphatic heterocycles. The van der Waals surface area contributed by atoms with E-state index in [-0.39, 0.29) is 11.2 Å². The summed E-state index contributed by atoms with van der Waals surface area (Å²) in [4.78, 5) is 13.8. The first-order valence-electron chi connectivity index (χ1n) is 10.3. The van der Waals surface area contributed by atoms with Crippen LogP contribution in [0.4, 0.5) is 17.1 Å². The molecule has 6 heteroatoms. The van der Waals surface area contributed by atoms with Gasteiger partial charge in [0.05, 0.1) is 5.25 Å². The molecule has 0 saturated carbocycles. The highest BCUT2D eigenvalue weighted by Crippen LogP contribution is 2.27. The maximum Gasteiger partial charge on any atom is 0.237 e. The molecular weight excluding hydrogens is 422 g/mol. The second kappa shape index (κ2) is 11.0. The molecule has 3 aromatic carbocycles. The molecule has 0 fully saturated rings. The van der Waals surface area contributed by atoms with Gasteiger partial charge in [-0.05, 0) is 80.0 Å². The number of hydrogen-bond acceptors (Lipinski definition) is 3. The van der Waals surface area contributed by atoms with Crippen LogP contribution in [0.25, 0.3) is 0 Å². The average Bonchev–Trinajstić information content (AvgIpc) is 2.77. The Balaban J connectivity index is 1.55. The first-order valence-corrected chi connectivity index (χ1v) is 11.5. The van der Waals surface area contributed by atoms with Gasteiger partial charge in [0.2, 0.25) is 5.91 Å². The molecule has 0 bridgehead atoms. The summed E-state index contributed by atoms with van der Waals surface area (Å²) < 4.78 is 0. The molecule has 0 saturated heterocycles. The molecule has 1 unspecified atom stereocenters. The molecule has 0 aromatic heterocycles. The largest absolute Gasteiger partial charge is 0.332 e. The molecule has 1 atom stereocenters. The molecule has 0 radical (unpaired) electrons. The van der Waals surface area contributed by atoms with Crippen molar-refractivity contribution in [3.63, 3.8) is 0 Å². The predicted octanol–water partition coefficient (Wildman–Crippen LogP) is 6.49. The molecule has 3 aromatic rings. The van der Waals surface area contributed by atoms with Gasteiger partial charge in [0.1, 0.15) is 0 Å². The summed E-state index contributed by atoms with van der Waals surface area (Å²) in [5, 5.41) is 9.75. The lowest BCUT2D eigenvalue weighted by Crippen LogP contribution is -2.23. The Morgan fingerprint density at radius 1 is 0.903 bits per heavy atom. The van der Waals surface area contributed by atoms with Crippen LogP contribution in [0.5, 0.6) is 0 Å². The number of benzene rings is 3. The second-order valence-corrected chi connectivity index (χ2v) is 9.00. The van der Waals surface area contributed by atoms with Crippen molar-refractivity contribution in [1.82, 2.24) is 0 Å². The van der Waals surface area contributed by atoms with E-state index in [0.29, 0.717) is 5.11 Å². The Morgan fingerprint density at radius 3 is 2.19 bits per heavy atom. The van der Waals surface area contributed by atoms with Crippen molar-refractivity contribution in [3.8, 4) is 0 Å². The summed E-state index contributed by atoms with van der Waals surface area (Å²) in [6, 6.07) is 23.8. The number of hydrogen-bond donors (Lipinski definition) is 3. The lowest BCUT2D eigenvalue weighted by Gasteiger charge is -2.16. The molecule has 3 N–H and O–H groups in total. The van der Waals surface area contributed by atoms with Gasteiger partial charge in [0.25, 0.3) is 0 Å². The lowest BCUT2D eigenvalue weighted by molar-refractivity contribution is -0.115. The Bertz CT molecular complexity index is 1040. The predicted molar refractivity (Wildman–Crippen MR) is 137 cm³/mol. The average molecular weight is 450 g/mol. The van der Waals surface area contributed by atoms with Crippen LogP contribution >= 0.6 is 24.0 Å². The summed E-state index contributed by atoms with van der Waals surface area (Å²) in [5.41, 5.74) is 5.00. The highest BCUT2D eigenvalue weighted by atomic mass is 32.2. The van der Waals surface area contributed by atoms with Crippen molar-refractivity contribution in [1.29, 1.82) is 0 Å². The van der Waals surface area contributed by atoms with E-state index in [4.69, 9.17) is 12.2 Å². The summed E-state index contributed by atoms with van der Waals surface area (Å²) in [6.07, 6.45) is 0.883. The van der Waals surface area contributed by atoms with Gasteiger partial charge >= 0.3 is 0 Å². The van der Waals surface area contributed by atoms with Gasteiger partial charge in [0.15, 0.2) is 5.11 Å². The van der Waals surface area contributed by atoms with Crippen LogP contribution < -0.4 is 16.0 Å². The van der Waals surface area contributed by atoms with Gasteiger partial charge in [-0.15, -0.1) is 11.8 Å². The van der Waals surface area contributed by atoms with E-state index < -0.39 is 0 Å². The molecule has 3 rings (SSSR count). The summed E-state index contributed by atoms with van der Waals surface area (Å²) in [6.45, 7) is 6.05. The van der Waals surface area contributed by atoms with Crippen LogP contribution in [-0.4, -0.2) is 16.3 Å². The Morgan fingerprint density at radius 2 is 1.55 bits per heavy atom. The SMILES string of the molecule is CCc1cccc(C)c1NC(=O)C(C)Sc1ccc(NC(=S)Nc2ccccc2)cc1. The van der Waals surface area contributed by atoms with E-state index in [1.165, 1.54) is 11.8 Å². The van der Waals surface area contributed by atoms with Gasteiger partial charge < -0.3 is 16.0 Å². The smallest absolute Gasteiger partial charge is 0.237 e. The Hall–Kier alpha value is -2.83. The quantitative estimate of drug-likeness (QED) is 0.284. The van der Waals surface area contributed by atoms with Gasteiger partial charge in [-0.3, -0.25) is 4.79 Å². The van der Waals surface area contributed by atoms with E-state index in [0.717, 1.165) is 39.5 Å². The van der Waals surface area contributed by atoms with Gasteiger partial charge in [0, 0.05) is 22.0 Å². The molecule has 31 heavy (non-hydrogen) atoms. The van der Waals surface area contributed by atoms with Crippen LogP contribution in [0.1, 0.15) is 25.0 Å². The third kappa shape index (κ3) is 6.57. The van der Waals surface area contributed by atoms with Crippen molar-refractivity contribution in [2.75, 3.05) is 16.0 Å². The fourth-order valence-corrected chi connectivity index (χ4v) is 4.22. The summed E-state index contributed by atoms with van der Waals surface area (Å²) in [7, 11) is 0. The van der Waals surface area contributed by atoms with Crippen molar-refractivity contribution < 1.29 is 4.79 Å². The minimum absolute atomic E-state index is 0.00411. The standard InChI is InChI=1S/C25H27N3OS2/c1-4-19-10-8-9-17(2)23(19)28-24(29)18(3)31-22-15-13-21(14-16-22)27-25(30)26-20-11-6-5-7-12-20/h5-16,18H,4H2,1-3H3,(H,28,29)(H2,26,27,30). The molecular formula is C25H27N3OS2. The Kier molecular flexibility index (Phi) is 8.09.